The standard InChI is InChI=1S/C13H11FO4S/c14-19(15,16)18-13-9-5-4-8-12(13)17-10-11-6-2-1-3-7-11/h1-9H,10H2. The predicted molar refractivity (Wildman–Crippen MR) is 67.9 cm³/mol. The molecule has 0 fully saturated rings. The molecule has 0 bridgehead atoms. The fourth-order valence-corrected chi connectivity index (χ4v) is 1.83. The topological polar surface area (TPSA) is 52.6 Å². The van der Waals surface area contributed by atoms with Gasteiger partial charge in [0.15, 0.2) is 11.5 Å². The summed E-state index contributed by atoms with van der Waals surface area (Å²) >= 11 is 0. The number of rotatable bonds is 5. The third kappa shape index (κ3) is 4.26. The normalized spacial score (nSPS) is 11.0. The fourth-order valence-electron chi connectivity index (χ4n) is 1.48. The Morgan fingerprint density at radius 2 is 1.47 bits per heavy atom. The summed E-state index contributed by atoms with van der Waals surface area (Å²) in [5, 5.41) is 0. The van der Waals surface area contributed by atoms with Crippen LogP contribution in [-0.2, 0) is 17.1 Å². The molecule has 0 unspecified atom stereocenters. The molecule has 2 rings (SSSR count). The first-order valence-corrected chi connectivity index (χ1v) is 6.75. The van der Waals surface area contributed by atoms with Crippen molar-refractivity contribution >= 4 is 10.5 Å². The summed E-state index contributed by atoms with van der Waals surface area (Å²) in [5.41, 5.74) is 0.903. The quantitative estimate of drug-likeness (QED) is 0.791. The fraction of sp³-hybridized carbons (Fsp3) is 0.0769. The van der Waals surface area contributed by atoms with Crippen molar-refractivity contribution in [3.63, 3.8) is 0 Å². The Balaban J connectivity index is 2.12. The van der Waals surface area contributed by atoms with Crippen molar-refractivity contribution in [2.24, 2.45) is 0 Å². The Bertz CT molecular complexity index is 641. The highest BCUT2D eigenvalue weighted by atomic mass is 32.3. The maximum absolute atomic E-state index is 12.5. The molecule has 100 valence electrons. The van der Waals surface area contributed by atoms with Crippen LogP contribution in [0.25, 0.3) is 0 Å². The van der Waals surface area contributed by atoms with Crippen LogP contribution in [0.15, 0.2) is 54.6 Å². The number of halogens is 1. The molecule has 0 heterocycles. The number of para-hydroxylation sites is 2. The zero-order valence-corrected chi connectivity index (χ0v) is 10.6. The molecule has 4 nitrogen and oxygen atoms in total. The van der Waals surface area contributed by atoms with Crippen LogP contribution in [0.1, 0.15) is 5.56 Å². The van der Waals surface area contributed by atoms with Gasteiger partial charge < -0.3 is 8.92 Å². The zero-order chi connectivity index (χ0) is 13.7. The zero-order valence-electron chi connectivity index (χ0n) is 9.82. The van der Waals surface area contributed by atoms with Crippen LogP contribution in [0.2, 0.25) is 0 Å². The van der Waals surface area contributed by atoms with Crippen LogP contribution < -0.4 is 8.92 Å². The van der Waals surface area contributed by atoms with E-state index in [0.717, 1.165) is 5.56 Å². The lowest BCUT2D eigenvalue weighted by molar-refractivity contribution is 0.294. The van der Waals surface area contributed by atoms with Gasteiger partial charge in [0.1, 0.15) is 6.61 Å². The van der Waals surface area contributed by atoms with Crippen LogP contribution in [0.5, 0.6) is 11.5 Å². The van der Waals surface area contributed by atoms with Gasteiger partial charge in [-0.25, -0.2) is 0 Å². The van der Waals surface area contributed by atoms with Crippen molar-refractivity contribution in [3.8, 4) is 11.5 Å². The second-order valence-corrected chi connectivity index (χ2v) is 4.65. The molecule has 2 aromatic rings. The first kappa shape index (κ1) is 13.4. The summed E-state index contributed by atoms with van der Waals surface area (Å²) < 4.78 is 43.1. The molecular formula is C13H11FO4S. The van der Waals surface area contributed by atoms with E-state index in [-0.39, 0.29) is 18.1 Å². The number of hydrogen-bond acceptors (Lipinski definition) is 4. The number of hydrogen-bond donors (Lipinski definition) is 0. The van der Waals surface area contributed by atoms with Gasteiger partial charge in [-0.3, -0.25) is 0 Å². The third-order valence-electron chi connectivity index (χ3n) is 2.28. The van der Waals surface area contributed by atoms with Gasteiger partial charge in [0.05, 0.1) is 0 Å². The summed E-state index contributed by atoms with van der Waals surface area (Å²) in [6.45, 7) is 0.230. The average Bonchev–Trinajstić information content (AvgIpc) is 2.37. The lowest BCUT2D eigenvalue weighted by Crippen LogP contribution is -2.04. The Hall–Kier alpha value is -2.08. The lowest BCUT2D eigenvalue weighted by atomic mass is 10.2. The van der Waals surface area contributed by atoms with Crippen molar-refractivity contribution in [2.45, 2.75) is 6.61 Å². The Morgan fingerprint density at radius 3 is 2.11 bits per heavy atom. The minimum absolute atomic E-state index is 0.160. The second kappa shape index (κ2) is 5.71. The molecule has 0 aliphatic heterocycles. The Morgan fingerprint density at radius 1 is 0.895 bits per heavy atom. The first-order chi connectivity index (χ1) is 9.04. The van der Waals surface area contributed by atoms with Crippen LogP contribution >= 0.6 is 0 Å². The molecule has 6 heteroatoms. The van der Waals surface area contributed by atoms with Gasteiger partial charge in [0.25, 0.3) is 0 Å². The molecule has 2 aromatic carbocycles. The Labute approximate surface area is 110 Å². The van der Waals surface area contributed by atoms with Crippen molar-refractivity contribution in [1.29, 1.82) is 0 Å². The van der Waals surface area contributed by atoms with Gasteiger partial charge >= 0.3 is 10.5 Å². The van der Waals surface area contributed by atoms with Crippen molar-refractivity contribution in [1.82, 2.24) is 0 Å². The minimum atomic E-state index is -5.06. The summed E-state index contributed by atoms with van der Waals surface area (Å²) in [6.07, 6.45) is 0. The van der Waals surface area contributed by atoms with Crippen LogP contribution in [0, 0.1) is 0 Å². The predicted octanol–water partition coefficient (Wildman–Crippen LogP) is 2.86. The van der Waals surface area contributed by atoms with Gasteiger partial charge in [-0.2, -0.15) is 8.42 Å². The summed E-state index contributed by atoms with van der Waals surface area (Å²) in [5.74, 6) is -0.0199. The van der Waals surface area contributed by atoms with Crippen molar-refractivity contribution < 1.29 is 21.2 Å². The molecule has 0 radical (unpaired) electrons. The van der Waals surface area contributed by atoms with Crippen molar-refractivity contribution in [3.05, 3.63) is 60.2 Å². The maximum Gasteiger partial charge on any atom is 0.488 e. The van der Waals surface area contributed by atoms with E-state index in [0.29, 0.717) is 0 Å². The third-order valence-corrected chi connectivity index (χ3v) is 2.65. The number of ether oxygens (including phenoxy) is 1. The van der Waals surface area contributed by atoms with Crippen LogP contribution in [0.3, 0.4) is 0 Å². The van der Waals surface area contributed by atoms with E-state index in [4.69, 9.17) is 4.74 Å². The van der Waals surface area contributed by atoms with E-state index in [1.54, 1.807) is 6.07 Å². The summed E-state index contributed by atoms with van der Waals surface area (Å²) in [4.78, 5) is 0. The van der Waals surface area contributed by atoms with Crippen LogP contribution in [0.4, 0.5) is 3.89 Å². The number of benzene rings is 2. The molecular weight excluding hydrogens is 271 g/mol. The van der Waals surface area contributed by atoms with Gasteiger partial charge in [0, 0.05) is 0 Å². The van der Waals surface area contributed by atoms with E-state index in [1.165, 1.54) is 18.2 Å². The molecule has 0 aliphatic carbocycles. The van der Waals surface area contributed by atoms with Gasteiger partial charge in [-0.1, -0.05) is 46.4 Å². The van der Waals surface area contributed by atoms with E-state index in [9.17, 15) is 12.3 Å². The lowest BCUT2D eigenvalue weighted by Gasteiger charge is -2.09. The molecule has 0 atom stereocenters. The molecule has 0 aliphatic rings. The summed E-state index contributed by atoms with van der Waals surface area (Å²) in [7, 11) is -5.06. The van der Waals surface area contributed by atoms with E-state index >= 15 is 0 Å². The van der Waals surface area contributed by atoms with E-state index < -0.39 is 10.5 Å². The highest BCUT2D eigenvalue weighted by Gasteiger charge is 2.13. The molecule has 0 saturated carbocycles. The molecule has 19 heavy (non-hydrogen) atoms. The molecule has 0 N–H and O–H groups in total. The first-order valence-electron chi connectivity index (χ1n) is 5.44. The molecule has 0 spiro atoms. The van der Waals surface area contributed by atoms with E-state index in [2.05, 4.69) is 4.18 Å². The molecule has 0 amide bonds. The smallest absolute Gasteiger partial charge is 0.485 e. The molecule has 0 saturated heterocycles. The molecule has 0 aromatic heterocycles. The summed E-state index contributed by atoms with van der Waals surface area (Å²) in [6, 6.07) is 15.3. The van der Waals surface area contributed by atoms with Gasteiger partial charge in [-0.15, -0.1) is 0 Å². The van der Waals surface area contributed by atoms with Gasteiger partial charge in [-0.05, 0) is 17.7 Å². The minimum Gasteiger partial charge on any atom is -0.485 e. The SMILES string of the molecule is O=S(=O)(F)Oc1ccccc1OCc1ccccc1. The van der Waals surface area contributed by atoms with E-state index in [1.807, 2.05) is 30.3 Å². The monoisotopic (exact) mass is 282 g/mol. The van der Waals surface area contributed by atoms with Gasteiger partial charge in [0.2, 0.25) is 0 Å². The Kier molecular flexibility index (Phi) is 4.01. The largest absolute Gasteiger partial charge is 0.488 e. The maximum atomic E-state index is 12.5. The highest BCUT2D eigenvalue weighted by molar-refractivity contribution is 7.81. The second-order valence-electron chi connectivity index (χ2n) is 3.70. The average molecular weight is 282 g/mol. The highest BCUT2D eigenvalue weighted by Crippen LogP contribution is 2.28. The van der Waals surface area contributed by atoms with Crippen molar-refractivity contribution in [2.75, 3.05) is 0 Å². The van der Waals surface area contributed by atoms with Crippen LogP contribution in [-0.4, -0.2) is 8.42 Å².